The van der Waals surface area contributed by atoms with Crippen molar-refractivity contribution in [2.24, 2.45) is 5.92 Å². The molecule has 164 valence electrons. The van der Waals surface area contributed by atoms with Crippen molar-refractivity contribution < 1.29 is 14.3 Å². The lowest BCUT2D eigenvalue weighted by Crippen LogP contribution is -2.56. The molecule has 2 saturated heterocycles. The number of ether oxygens (including phenoxy) is 1. The lowest BCUT2D eigenvalue weighted by molar-refractivity contribution is 0.0197. The van der Waals surface area contributed by atoms with Crippen molar-refractivity contribution in [1.82, 2.24) is 19.8 Å². The Kier molecular flexibility index (Phi) is 5.47. The molecule has 3 aromatic rings. The van der Waals surface area contributed by atoms with Gasteiger partial charge in [-0.15, -0.1) is 0 Å². The first-order valence-corrected chi connectivity index (χ1v) is 11.1. The molecule has 2 aliphatic rings. The first-order chi connectivity index (χ1) is 15.6. The smallest absolute Gasteiger partial charge is 0.254 e. The van der Waals surface area contributed by atoms with Crippen molar-refractivity contribution in [3.05, 3.63) is 66.0 Å². The summed E-state index contributed by atoms with van der Waals surface area (Å²) in [6, 6.07) is 13.0. The first-order valence-electron chi connectivity index (χ1n) is 11.1. The minimum atomic E-state index is 0.0268. The van der Waals surface area contributed by atoms with Gasteiger partial charge in [-0.3, -0.25) is 19.6 Å². The van der Waals surface area contributed by atoms with Crippen LogP contribution in [0.2, 0.25) is 0 Å². The van der Waals surface area contributed by atoms with E-state index in [-0.39, 0.29) is 23.8 Å². The molecule has 2 atom stereocenters. The van der Waals surface area contributed by atoms with Gasteiger partial charge in [-0.05, 0) is 61.6 Å². The van der Waals surface area contributed by atoms with Crippen molar-refractivity contribution in [3.63, 3.8) is 0 Å². The second-order valence-corrected chi connectivity index (χ2v) is 8.50. The van der Waals surface area contributed by atoms with Gasteiger partial charge < -0.3 is 14.5 Å². The second-order valence-electron chi connectivity index (χ2n) is 8.50. The van der Waals surface area contributed by atoms with E-state index in [0.717, 1.165) is 36.8 Å². The zero-order valence-corrected chi connectivity index (χ0v) is 18.1. The summed E-state index contributed by atoms with van der Waals surface area (Å²) < 4.78 is 5.26. The molecule has 0 unspecified atom stereocenters. The fourth-order valence-electron chi connectivity index (χ4n) is 5.04. The van der Waals surface area contributed by atoms with Crippen molar-refractivity contribution in [1.29, 1.82) is 0 Å². The molecule has 32 heavy (non-hydrogen) atoms. The molecule has 0 saturated carbocycles. The minimum Gasteiger partial charge on any atom is -0.497 e. The number of piperidine rings is 2. The third-order valence-electron chi connectivity index (χ3n) is 6.65. The molecule has 2 amide bonds. The Morgan fingerprint density at radius 1 is 0.938 bits per heavy atom. The molecular formula is C25H26N4O3. The lowest BCUT2D eigenvalue weighted by Gasteiger charge is -2.47. The average molecular weight is 431 g/mol. The Hall–Kier alpha value is -3.48. The Morgan fingerprint density at radius 2 is 1.75 bits per heavy atom. The van der Waals surface area contributed by atoms with Crippen LogP contribution in [-0.2, 0) is 0 Å². The number of amides is 2. The number of benzene rings is 2. The normalized spacial score (nSPS) is 20.7. The van der Waals surface area contributed by atoms with E-state index in [4.69, 9.17) is 4.74 Å². The molecule has 0 N–H and O–H groups in total. The summed E-state index contributed by atoms with van der Waals surface area (Å²) >= 11 is 0. The number of fused-ring (bicyclic) bond motifs is 2. The number of aromatic nitrogens is 2. The monoisotopic (exact) mass is 430 g/mol. The van der Waals surface area contributed by atoms with Gasteiger partial charge in [0, 0.05) is 49.2 Å². The summed E-state index contributed by atoms with van der Waals surface area (Å²) in [6.07, 6.45) is 6.06. The summed E-state index contributed by atoms with van der Waals surface area (Å²) in [4.78, 5) is 39.0. The number of hydrogen-bond acceptors (Lipinski definition) is 5. The number of methoxy groups -OCH3 is 1. The molecule has 0 radical (unpaired) electrons. The van der Waals surface area contributed by atoms with Gasteiger partial charge in [-0.2, -0.15) is 0 Å². The van der Waals surface area contributed by atoms with Gasteiger partial charge in [0.1, 0.15) is 5.75 Å². The molecular weight excluding hydrogens is 404 g/mol. The van der Waals surface area contributed by atoms with Crippen LogP contribution in [0, 0.1) is 5.92 Å². The van der Waals surface area contributed by atoms with Gasteiger partial charge in [-0.25, -0.2) is 0 Å². The second kappa shape index (κ2) is 8.57. The maximum Gasteiger partial charge on any atom is 0.254 e. The fraction of sp³-hybridized carbons (Fsp3) is 0.360. The highest BCUT2D eigenvalue weighted by Gasteiger charge is 2.39. The molecule has 5 rings (SSSR count). The highest BCUT2D eigenvalue weighted by molar-refractivity contribution is 5.97. The highest BCUT2D eigenvalue weighted by atomic mass is 16.5. The standard InChI is InChI=1S/C25H26N4O3/c1-32-20-6-2-4-17(14-20)24(30)28-13-9-23-19(16-28)5-3-12-29(23)25(31)18-7-8-21-22(15-18)27-11-10-26-21/h2,4,6-8,10-11,14-15,19,23H,3,5,9,12-13,16H2,1H3/t19-,23-/m1/s1. The third-order valence-corrected chi connectivity index (χ3v) is 6.65. The van der Waals surface area contributed by atoms with E-state index in [2.05, 4.69) is 9.97 Å². The number of carbonyl (C=O) groups excluding carboxylic acids is 2. The predicted octanol–water partition coefficient (Wildman–Crippen LogP) is 3.41. The molecule has 7 nitrogen and oxygen atoms in total. The van der Waals surface area contributed by atoms with E-state index in [1.807, 2.05) is 46.2 Å². The van der Waals surface area contributed by atoms with Crippen LogP contribution >= 0.6 is 0 Å². The summed E-state index contributed by atoms with van der Waals surface area (Å²) in [5.41, 5.74) is 2.80. The van der Waals surface area contributed by atoms with Crippen LogP contribution in [0.5, 0.6) is 5.75 Å². The molecule has 2 fully saturated rings. The molecule has 3 heterocycles. The van der Waals surface area contributed by atoms with Gasteiger partial charge in [0.05, 0.1) is 18.1 Å². The van der Waals surface area contributed by atoms with Gasteiger partial charge in [0.25, 0.3) is 11.8 Å². The van der Waals surface area contributed by atoms with Crippen LogP contribution in [0.25, 0.3) is 11.0 Å². The SMILES string of the molecule is COc1cccc(C(=O)N2CC[C@@H]3[C@H](CCCN3C(=O)c3ccc4nccnc4c3)C2)c1. The summed E-state index contributed by atoms with van der Waals surface area (Å²) in [5.74, 6) is 1.04. The average Bonchev–Trinajstić information content (AvgIpc) is 2.86. The molecule has 2 aromatic carbocycles. The summed E-state index contributed by atoms with van der Waals surface area (Å²) in [6.45, 7) is 2.07. The zero-order chi connectivity index (χ0) is 22.1. The fourth-order valence-corrected chi connectivity index (χ4v) is 5.04. The van der Waals surface area contributed by atoms with Crippen LogP contribution in [0.1, 0.15) is 40.0 Å². The Bertz CT molecular complexity index is 1160. The van der Waals surface area contributed by atoms with E-state index in [0.29, 0.717) is 30.0 Å². The van der Waals surface area contributed by atoms with Gasteiger partial charge in [0.15, 0.2) is 0 Å². The number of likely N-dealkylation sites (tertiary alicyclic amines) is 2. The van der Waals surface area contributed by atoms with E-state index in [1.54, 1.807) is 25.6 Å². The maximum absolute atomic E-state index is 13.4. The zero-order valence-electron chi connectivity index (χ0n) is 18.1. The van der Waals surface area contributed by atoms with Gasteiger partial charge >= 0.3 is 0 Å². The number of nitrogens with zero attached hydrogens (tertiary/aromatic N) is 4. The largest absolute Gasteiger partial charge is 0.497 e. The lowest BCUT2D eigenvalue weighted by atomic mass is 9.83. The molecule has 0 aliphatic carbocycles. The van der Waals surface area contributed by atoms with Crippen LogP contribution in [0.15, 0.2) is 54.9 Å². The van der Waals surface area contributed by atoms with Crippen LogP contribution < -0.4 is 4.74 Å². The maximum atomic E-state index is 13.4. The number of carbonyl (C=O) groups is 2. The van der Waals surface area contributed by atoms with E-state index < -0.39 is 0 Å². The van der Waals surface area contributed by atoms with Crippen molar-refractivity contribution >= 4 is 22.8 Å². The van der Waals surface area contributed by atoms with Gasteiger partial charge in [0.2, 0.25) is 0 Å². The van der Waals surface area contributed by atoms with Crippen molar-refractivity contribution in [2.75, 3.05) is 26.7 Å². The Morgan fingerprint density at radius 3 is 2.59 bits per heavy atom. The Balaban J connectivity index is 1.32. The first kappa shape index (κ1) is 20.4. The topological polar surface area (TPSA) is 75.6 Å². The Labute approximate surface area is 187 Å². The van der Waals surface area contributed by atoms with Gasteiger partial charge in [-0.1, -0.05) is 6.07 Å². The molecule has 7 heteroatoms. The van der Waals surface area contributed by atoms with Crippen molar-refractivity contribution in [2.45, 2.75) is 25.3 Å². The highest BCUT2D eigenvalue weighted by Crippen LogP contribution is 2.32. The van der Waals surface area contributed by atoms with Crippen LogP contribution in [0.3, 0.4) is 0 Å². The van der Waals surface area contributed by atoms with Crippen LogP contribution in [0.4, 0.5) is 0 Å². The van der Waals surface area contributed by atoms with E-state index in [1.165, 1.54) is 0 Å². The summed E-state index contributed by atoms with van der Waals surface area (Å²) in [5, 5.41) is 0. The summed E-state index contributed by atoms with van der Waals surface area (Å²) in [7, 11) is 1.60. The van der Waals surface area contributed by atoms with Crippen molar-refractivity contribution in [3.8, 4) is 5.75 Å². The molecule has 2 aliphatic heterocycles. The number of hydrogen-bond donors (Lipinski definition) is 0. The molecule has 1 aromatic heterocycles. The van der Waals surface area contributed by atoms with Crippen LogP contribution in [-0.4, -0.2) is 64.4 Å². The van der Waals surface area contributed by atoms with E-state index >= 15 is 0 Å². The number of rotatable bonds is 3. The minimum absolute atomic E-state index is 0.0268. The quantitative estimate of drug-likeness (QED) is 0.637. The third kappa shape index (κ3) is 3.79. The van der Waals surface area contributed by atoms with E-state index in [9.17, 15) is 9.59 Å². The molecule has 0 spiro atoms. The molecule has 0 bridgehead atoms. The predicted molar refractivity (Wildman–Crippen MR) is 121 cm³/mol.